The number of rotatable bonds is 30. The number of nitrogens with one attached hydrogen (secondary N) is 2. The molecule has 40 heteroatoms. The zero-order valence-corrected chi connectivity index (χ0v) is 60.3. The van der Waals surface area contributed by atoms with Crippen LogP contribution in [-0.2, 0) is 64.4 Å². The molecule has 111 heavy (non-hydrogen) atoms. The van der Waals surface area contributed by atoms with E-state index in [0.717, 1.165) is 9.80 Å². The summed E-state index contributed by atoms with van der Waals surface area (Å²) in [6.07, 6.45) is -19.8. The van der Waals surface area contributed by atoms with Crippen molar-refractivity contribution in [2.24, 2.45) is 5.90 Å². The first kappa shape index (κ1) is 81.1. The van der Waals surface area contributed by atoms with Gasteiger partial charge in [0, 0.05) is 38.2 Å². The molecule has 14 atom stereocenters. The number of methoxy groups -OCH3 is 3. The van der Waals surface area contributed by atoms with Gasteiger partial charge in [-0.3, -0.25) is 19.2 Å². The number of aliphatic hydroxyl groups is 8. The summed E-state index contributed by atoms with van der Waals surface area (Å²) in [5.74, 6) is -1.39. The van der Waals surface area contributed by atoms with Crippen molar-refractivity contribution in [3.63, 3.8) is 0 Å². The predicted molar refractivity (Wildman–Crippen MR) is 373 cm³/mol. The third kappa shape index (κ3) is 17.7. The lowest BCUT2D eigenvalue weighted by molar-refractivity contribution is -0.271. The number of unbranched alkanes of at least 4 members (excludes halogenated alkanes) is 2. The van der Waals surface area contributed by atoms with Crippen molar-refractivity contribution in [3.8, 4) is 34.5 Å². The molecule has 2 saturated heterocycles. The van der Waals surface area contributed by atoms with Gasteiger partial charge >= 0.3 is 24.1 Å². The minimum Gasteiger partial charge on any atom is -0.493 e. The number of aliphatic carboxylic acids is 2. The van der Waals surface area contributed by atoms with Gasteiger partial charge in [0.15, 0.2) is 47.7 Å². The fourth-order valence-electron chi connectivity index (χ4n) is 13.2. The average Bonchev–Trinajstić information content (AvgIpc) is 1.57. The Morgan fingerprint density at radius 2 is 1.02 bits per heavy atom. The van der Waals surface area contributed by atoms with Gasteiger partial charge in [-0.05, 0) is 93.5 Å². The second-order valence-electron chi connectivity index (χ2n) is 26.5. The quantitative estimate of drug-likeness (QED) is 0.0210. The molecule has 0 saturated carbocycles. The Hall–Kier alpha value is -10.9. The molecule has 0 bridgehead atoms. The summed E-state index contributed by atoms with van der Waals surface area (Å²) in [7, 11) is 4.08. The third-order valence-electron chi connectivity index (χ3n) is 18.9. The molecule has 2 fully saturated rings. The Morgan fingerprint density at radius 3 is 1.45 bits per heavy atom. The molecule has 14 N–H and O–H groups in total. The van der Waals surface area contributed by atoms with Crippen LogP contribution in [0.5, 0.6) is 34.5 Å². The van der Waals surface area contributed by atoms with Crippen LogP contribution in [0.2, 0.25) is 0 Å². The minimum atomic E-state index is -2.06. The van der Waals surface area contributed by atoms with Gasteiger partial charge in [-0.2, -0.15) is 0 Å². The van der Waals surface area contributed by atoms with Crippen LogP contribution >= 0.6 is 0 Å². The van der Waals surface area contributed by atoms with Gasteiger partial charge in [-0.1, -0.05) is 28.5 Å². The first-order valence-electron chi connectivity index (χ1n) is 34.8. The lowest BCUT2D eigenvalue weighted by Gasteiger charge is -2.38. The summed E-state index contributed by atoms with van der Waals surface area (Å²) in [6, 6.07) is 11.1. The topological polar surface area (TPSA) is 543 Å². The number of carboxylic acid groups (broad SMARTS) is 2. The number of carbonyl (C=O) groups is 8. The smallest absolute Gasteiger partial charge is 0.416 e. The number of hydrogen-bond acceptors (Lipinski definition) is 31. The van der Waals surface area contributed by atoms with Crippen LogP contribution < -0.4 is 54.8 Å². The molecule has 2 unspecified atom stereocenters. The number of nitrogens with two attached hydrogens (primary N) is 1. The first-order chi connectivity index (χ1) is 53.1. The fourth-order valence-corrected chi connectivity index (χ4v) is 13.2. The van der Waals surface area contributed by atoms with Crippen LogP contribution in [0.4, 0.5) is 21.0 Å². The van der Waals surface area contributed by atoms with Crippen molar-refractivity contribution in [3.05, 3.63) is 129 Å². The lowest BCUT2D eigenvalue weighted by atomic mass is 9.99. The zero-order valence-electron chi connectivity index (χ0n) is 60.3. The first-order valence-corrected chi connectivity index (χ1v) is 34.8. The summed E-state index contributed by atoms with van der Waals surface area (Å²) in [5, 5.41) is 120. The average molecular weight is 1560 g/mol. The van der Waals surface area contributed by atoms with E-state index in [1.807, 2.05) is 0 Å². The number of anilines is 2. The van der Waals surface area contributed by atoms with E-state index in [-0.39, 0.29) is 144 Å². The van der Waals surface area contributed by atoms with Crippen molar-refractivity contribution in [2.75, 3.05) is 64.1 Å². The molecular weight excluding hydrogens is 1470 g/mol. The number of ether oxygens (including phenoxy) is 11. The number of hydrogen-bond donors (Lipinski definition) is 13. The van der Waals surface area contributed by atoms with Crippen LogP contribution in [-0.4, -0.2) is 264 Å². The van der Waals surface area contributed by atoms with E-state index < -0.39 is 147 Å². The molecule has 11 rings (SSSR count). The van der Waals surface area contributed by atoms with Gasteiger partial charge in [0.25, 0.3) is 23.6 Å². The second kappa shape index (κ2) is 35.4. The van der Waals surface area contributed by atoms with Crippen molar-refractivity contribution < 1.29 is 146 Å². The molecule has 0 spiro atoms. The van der Waals surface area contributed by atoms with Crippen LogP contribution in [0.1, 0.15) is 104 Å². The van der Waals surface area contributed by atoms with E-state index in [0.29, 0.717) is 30.4 Å². The third-order valence-corrected chi connectivity index (χ3v) is 18.9. The van der Waals surface area contributed by atoms with Gasteiger partial charge in [0.05, 0.1) is 106 Å². The maximum Gasteiger partial charge on any atom is 0.416 e. The Bertz CT molecular complexity index is 4370. The van der Waals surface area contributed by atoms with Crippen molar-refractivity contribution in [2.45, 2.75) is 158 Å². The summed E-state index contributed by atoms with van der Waals surface area (Å²) >= 11 is 0. The second-order valence-corrected chi connectivity index (χ2v) is 26.5. The summed E-state index contributed by atoms with van der Waals surface area (Å²) in [6.45, 7) is 2.55. The number of carbonyl (C=O) groups excluding carboxylic acids is 6. The fraction of sp³-hybridized carbons (Fsp3) is 0.465. The van der Waals surface area contributed by atoms with E-state index in [4.69, 9.17) is 58.0 Å². The maximum atomic E-state index is 14.7. The number of amides is 6. The normalized spacial score (nSPS) is 24.7. The van der Waals surface area contributed by atoms with E-state index in [1.54, 1.807) is 26.2 Å². The van der Waals surface area contributed by atoms with E-state index in [2.05, 4.69) is 25.8 Å². The Balaban J connectivity index is 0.774. The van der Waals surface area contributed by atoms with Crippen molar-refractivity contribution >= 4 is 59.1 Å². The molecule has 6 aliphatic heterocycles. The molecule has 6 amide bonds. The van der Waals surface area contributed by atoms with Gasteiger partial charge in [-0.15, -0.1) is 5.10 Å². The Morgan fingerprint density at radius 1 is 0.559 bits per heavy atom. The van der Waals surface area contributed by atoms with Gasteiger partial charge < -0.3 is 128 Å². The Labute approximate surface area is 630 Å². The number of benzene rings is 4. The highest BCUT2D eigenvalue weighted by Crippen LogP contribution is 2.45. The number of aliphatic hydroxyl groups excluding tert-OH is 8. The maximum absolute atomic E-state index is 14.7. The predicted octanol–water partition coefficient (Wildman–Crippen LogP) is -0.151. The largest absolute Gasteiger partial charge is 0.493 e. The molecule has 598 valence electrons. The number of nitrogens with zero attached hydrogens (tertiary/aromatic N) is 7. The highest BCUT2D eigenvalue weighted by Gasteiger charge is 2.52. The molecule has 0 radical (unpaired) electrons. The van der Waals surface area contributed by atoms with Crippen molar-refractivity contribution in [1.82, 2.24) is 35.4 Å². The van der Waals surface area contributed by atoms with Crippen molar-refractivity contribution in [1.29, 1.82) is 0 Å². The lowest BCUT2D eigenvalue weighted by Crippen LogP contribution is -2.61. The Kier molecular flexibility index (Phi) is 25.9. The van der Waals surface area contributed by atoms with Crippen LogP contribution in [0.3, 0.4) is 0 Å². The molecule has 0 aliphatic carbocycles. The summed E-state index contributed by atoms with van der Waals surface area (Å²) in [5.41, 5.74) is 1.06. The van der Waals surface area contributed by atoms with Crippen LogP contribution in [0.25, 0.3) is 0 Å². The monoisotopic (exact) mass is 1560 g/mol. The number of aromatic nitrogens is 3. The zero-order chi connectivity index (χ0) is 79.8. The molecule has 6 aliphatic rings. The SMILES string of the molecule is COCCNC(=O)c1cc(COC(=O)N2c3cc(OCCCCCOc4cc5c(cc4OC)C(=O)N4C=C(C)C[C@H]4C(O)N5C(=O)OCc4ccc(O[C@@H]5O[C@H](C(=O)O)[C@@H](O)[C@H](O)[C@H]5O)c(C(=O)NCc5cn(CCON)nn5)c4)c(OC)cc3C(=O)N3C=C(C)C[C@H]3C2O)ccc1O[C@@H]1O[C@H](C(=O)O)[C@@H](O)[C@H](O)[C@H]1O. The molecule has 4 aromatic carbocycles. The van der Waals surface area contributed by atoms with E-state index in [9.17, 15) is 89.4 Å². The van der Waals surface area contributed by atoms with Gasteiger partial charge in [-0.25, -0.2) is 39.6 Å². The van der Waals surface area contributed by atoms with Gasteiger partial charge in [0.1, 0.15) is 67.0 Å². The van der Waals surface area contributed by atoms with Crippen LogP contribution in [0, 0.1) is 0 Å². The molecule has 40 nitrogen and oxygen atoms in total. The van der Waals surface area contributed by atoms with Gasteiger partial charge in [0.2, 0.25) is 12.6 Å². The molecule has 7 heterocycles. The molecular formula is C71H84N10O30. The molecule has 5 aromatic rings. The number of fused-ring (bicyclic) bond motifs is 4. The van der Waals surface area contributed by atoms with E-state index >= 15 is 0 Å². The highest BCUT2D eigenvalue weighted by molar-refractivity contribution is 6.08. The standard InChI is InChI=1S/C71H84N10O30/c1-33-19-44-64(92)80(70(98)105-31-35-9-11-46(40(21-35)60(88)73-13-17-100-3)108-68-56(86)52(82)54(84)58(110-68)66(94)95)42-25-50(48(101-4)23-38(42)62(90)78(44)28-33)103-15-7-6-8-16-104-51-26-43-39(24-49(51)102-5)63(91)79-29-34(2)20-45(79)65(93)81(43)71(99)106-32-36-10-12-47(109-69-57(87)53(83)55(85)59(111-69)67(96)97)41(22-36)61(89)74-27-37-30-77(76-75-37)14-18-107-72/h9-12,21-26,28-30,44-45,52-59,64-65,68-69,82-87,92-93H,6-8,13-20,27,31-32,72H2,1-5H3,(H,73,88)(H,74,89)(H,94,95)(H,96,97)/t44-,45-,52-,53-,54-,55-,56+,57+,58-,59-,64?,65?,68+,69+/m0/s1. The highest BCUT2D eigenvalue weighted by atomic mass is 16.7. The van der Waals surface area contributed by atoms with Crippen LogP contribution in [0.15, 0.2) is 90.4 Å². The number of carboxylic acids is 2. The summed E-state index contributed by atoms with van der Waals surface area (Å²) in [4.78, 5) is 119. The minimum absolute atomic E-state index is 0.00203. The summed E-state index contributed by atoms with van der Waals surface area (Å²) < 4.78 is 64.2. The van der Waals surface area contributed by atoms with E-state index in [1.165, 1.54) is 103 Å². The molecule has 1 aromatic heterocycles.